The number of halogens is 3. The molecule has 0 aliphatic rings. The van der Waals surface area contributed by atoms with Gasteiger partial charge in [0.2, 0.25) is 0 Å². The average Bonchev–Trinajstić information content (AvgIpc) is 2.80. The number of hydrogen-bond acceptors (Lipinski definition) is 8. The zero-order valence-electron chi connectivity index (χ0n) is 18.7. The summed E-state index contributed by atoms with van der Waals surface area (Å²) >= 11 is 1.12. The van der Waals surface area contributed by atoms with Crippen LogP contribution in [0.2, 0.25) is 0 Å². The van der Waals surface area contributed by atoms with E-state index in [0.29, 0.717) is 6.42 Å². The molecule has 1 unspecified atom stereocenters. The standard InChI is InChI=1S/C22H27F3N3O4PS/c1-3-15-4-6-16(7-5-15)10-11-31-20-9-8-17(12-19(20)22(23,24)25)21(34-2)28-27-13-18(26)14-32-33(29)30/h4-9,12-13,18,29-30H,3,10-11,14,26H2,1-2H3/b27-13+,28-21-. The Labute approximate surface area is 201 Å². The van der Waals surface area contributed by atoms with Gasteiger partial charge in [0.15, 0.2) is 0 Å². The van der Waals surface area contributed by atoms with Gasteiger partial charge in [0, 0.05) is 18.2 Å². The number of rotatable bonds is 11. The first-order valence-corrected chi connectivity index (χ1v) is 12.7. The molecule has 0 saturated carbocycles. The molecule has 0 bridgehead atoms. The van der Waals surface area contributed by atoms with Crippen molar-refractivity contribution in [3.8, 4) is 5.75 Å². The van der Waals surface area contributed by atoms with Crippen molar-refractivity contribution in [2.24, 2.45) is 15.9 Å². The van der Waals surface area contributed by atoms with E-state index in [-0.39, 0.29) is 29.6 Å². The number of nitrogens with zero attached hydrogens (tertiary/aromatic N) is 2. The van der Waals surface area contributed by atoms with Crippen LogP contribution < -0.4 is 10.5 Å². The number of nitrogens with two attached hydrogens (primary N) is 1. The predicted octanol–water partition coefficient (Wildman–Crippen LogP) is 4.54. The first-order valence-electron chi connectivity index (χ1n) is 10.3. The first kappa shape index (κ1) is 28.2. The van der Waals surface area contributed by atoms with E-state index in [4.69, 9.17) is 20.3 Å². The normalized spacial score (nSPS) is 13.6. The van der Waals surface area contributed by atoms with Crippen LogP contribution in [0.1, 0.15) is 29.2 Å². The topological polar surface area (TPSA) is 110 Å². The van der Waals surface area contributed by atoms with Crippen molar-refractivity contribution in [2.45, 2.75) is 32.0 Å². The number of ether oxygens (including phenoxy) is 1. The lowest BCUT2D eigenvalue weighted by atomic mass is 10.1. The lowest BCUT2D eigenvalue weighted by Gasteiger charge is -2.15. The minimum atomic E-state index is -4.62. The highest BCUT2D eigenvalue weighted by atomic mass is 32.2. The first-order chi connectivity index (χ1) is 16.1. The maximum Gasteiger partial charge on any atom is 0.419 e. The Hall–Kier alpha value is -2.01. The zero-order chi connectivity index (χ0) is 25.1. The highest BCUT2D eigenvalue weighted by Crippen LogP contribution is 2.37. The Kier molecular flexibility index (Phi) is 11.4. The van der Waals surface area contributed by atoms with Gasteiger partial charge in [-0.3, -0.25) is 0 Å². The molecule has 0 aromatic heterocycles. The molecular weight excluding hydrogens is 490 g/mol. The number of aryl methyl sites for hydroxylation is 1. The summed E-state index contributed by atoms with van der Waals surface area (Å²) in [5.41, 5.74) is 7.16. The van der Waals surface area contributed by atoms with Gasteiger partial charge in [-0.1, -0.05) is 31.2 Å². The lowest BCUT2D eigenvalue weighted by molar-refractivity contribution is -0.138. The van der Waals surface area contributed by atoms with Crippen molar-refractivity contribution in [3.05, 3.63) is 64.7 Å². The van der Waals surface area contributed by atoms with Crippen LogP contribution in [-0.4, -0.2) is 46.6 Å². The third-order valence-electron chi connectivity index (χ3n) is 4.59. The summed E-state index contributed by atoms with van der Waals surface area (Å²) in [7, 11) is -2.54. The molecule has 0 heterocycles. The number of alkyl halides is 3. The maximum atomic E-state index is 13.7. The van der Waals surface area contributed by atoms with Crippen LogP contribution in [0.4, 0.5) is 13.2 Å². The number of thioether (sulfide) groups is 1. The Morgan fingerprint density at radius 2 is 1.85 bits per heavy atom. The van der Waals surface area contributed by atoms with Crippen molar-refractivity contribution in [3.63, 3.8) is 0 Å². The van der Waals surface area contributed by atoms with Gasteiger partial charge in [-0.2, -0.15) is 18.3 Å². The van der Waals surface area contributed by atoms with E-state index in [1.165, 1.54) is 23.9 Å². The minimum Gasteiger partial charge on any atom is -0.493 e. The van der Waals surface area contributed by atoms with Crippen LogP contribution in [-0.2, 0) is 23.5 Å². The summed E-state index contributed by atoms with van der Waals surface area (Å²) in [6.45, 7) is 1.96. The third-order valence-corrected chi connectivity index (χ3v) is 5.68. The monoisotopic (exact) mass is 517 g/mol. The van der Waals surface area contributed by atoms with Crippen LogP contribution in [0.25, 0.3) is 0 Å². The molecule has 2 aromatic rings. The van der Waals surface area contributed by atoms with Gasteiger partial charge >= 0.3 is 14.8 Å². The van der Waals surface area contributed by atoms with Crippen LogP contribution in [0.3, 0.4) is 0 Å². The number of benzene rings is 2. The molecule has 0 aliphatic heterocycles. The van der Waals surface area contributed by atoms with Crippen molar-refractivity contribution in [1.29, 1.82) is 0 Å². The molecule has 4 N–H and O–H groups in total. The lowest BCUT2D eigenvalue weighted by Crippen LogP contribution is -2.26. The van der Waals surface area contributed by atoms with Crippen molar-refractivity contribution >= 4 is 31.6 Å². The molecule has 0 amide bonds. The predicted molar refractivity (Wildman–Crippen MR) is 130 cm³/mol. The van der Waals surface area contributed by atoms with E-state index in [1.54, 1.807) is 6.26 Å². The maximum absolute atomic E-state index is 13.7. The second-order valence-electron chi connectivity index (χ2n) is 7.06. The molecule has 0 aliphatic carbocycles. The van der Waals surface area contributed by atoms with E-state index >= 15 is 0 Å². The minimum absolute atomic E-state index is 0.103. The van der Waals surface area contributed by atoms with Gasteiger partial charge in [-0.15, -0.1) is 16.9 Å². The molecule has 7 nitrogen and oxygen atoms in total. The smallest absolute Gasteiger partial charge is 0.419 e. The Morgan fingerprint density at radius 1 is 1.18 bits per heavy atom. The molecule has 2 aromatic carbocycles. The third kappa shape index (κ3) is 9.32. The largest absolute Gasteiger partial charge is 0.493 e. The molecule has 12 heteroatoms. The van der Waals surface area contributed by atoms with Gasteiger partial charge in [-0.25, -0.2) is 0 Å². The Morgan fingerprint density at radius 3 is 2.44 bits per heavy atom. The second kappa shape index (κ2) is 13.8. The SMILES string of the molecule is CCc1ccc(CCOc2ccc(/C(=N/N=C/C(N)COP(O)O)SC)cc2C(F)(F)F)cc1. The molecule has 0 spiro atoms. The highest BCUT2D eigenvalue weighted by Gasteiger charge is 2.35. The van der Waals surface area contributed by atoms with Crippen molar-refractivity contribution in [1.82, 2.24) is 0 Å². The number of hydrogen-bond donors (Lipinski definition) is 3. The summed E-state index contributed by atoms with van der Waals surface area (Å²) in [5, 5.41) is 7.95. The van der Waals surface area contributed by atoms with Crippen LogP contribution in [0, 0.1) is 0 Å². The fourth-order valence-corrected chi connectivity index (χ4v) is 3.61. The van der Waals surface area contributed by atoms with E-state index in [0.717, 1.165) is 29.8 Å². The van der Waals surface area contributed by atoms with Crippen molar-refractivity contribution in [2.75, 3.05) is 19.5 Å². The van der Waals surface area contributed by atoms with E-state index in [9.17, 15) is 13.2 Å². The summed E-state index contributed by atoms with van der Waals surface area (Å²) in [5.74, 6) is -0.256. The molecule has 34 heavy (non-hydrogen) atoms. The van der Waals surface area contributed by atoms with Crippen LogP contribution in [0.5, 0.6) is 5.75 Å². The fraction of sp³-hybridized carbons (Fsp3) is 0.364. The molecular formula is C22H27F3N3O4PS. The van der Waals surface area contributed by atoms with Gasteiger partial charge < -0.3 is 24.8 Å². The van der Waals surface area contributed by atoms with Gasteiger partial charge in [-0.05, 0) is 42.0 Å². The summed E-state index contributed by atoms with van der Waals surface area (Å²) in [6, 6.07) is 10.9. The highest BCUT2D eigenvalue weighted by molar-refractivity contribution is 8.13. The van der Waals surface area contributed by atoms with Gasteiger partial charge in [0.1, 0.15) is 10.8 Å². The van der Waals surface area contributed by atoms with Gasteiger partial charge in [0.05, 0.1) is 24.8 Å². The summed E-state index contributed by atoms with van der Waals surface area (Å²) in [6.07, 6.45) is -0.366. The molecule has 0 saturated heterocycles. The van der Waals surface area contributed by atoms with Crippen LogP contribution >= 0.6 is 20.4 Å². The molecule has 0 fully saturated rings. The average molecular weight is 518 g/mol. The summed E-state index contributed by atoms with van der Waals surface area (Å²) in [4.78, 5) is 17.4. The zero-order valence-corrected chi connectivity index (χ0v) is 20.4. The van der Waals surface area contributed by atoms with Gasteiger partial charge in [0.25, 0.3) is 0 Å². The Balaban J connectivity index is 2.13. The van der Waals surface area contributed by atoms with E-state index in [1.807, 2.05) is 24.3 Å². The quantitative estimate of drug-likeness (QED) is 0.175. The molecule has 0 radical (unpaired) electrons. The second-order valence-corrected chi connectivity index (χ2v) is 8.62. The van der Waals surface area contributed by atoms with E-state index < -0.39 is 26.4 Å². The van der Waals surface area contributed by atoms with E-state index in [2.05, 4.69) is 21.7 Å². The van der Waals surface area contributed by atoms with Crippen molar-refractivity contribution < 1.29 is 32.2 Å². The molecule has 1 atom stereocenters. The molecule has 186 valence electrons. The fourth-order valence-electron chi connectivity index (χ4n) is 2.81. The Bertz CT molecular complexity index is 973. The summed E-state index contributed by atoms with van der Waals surface area (Å²) < 4.78 is 51.2. The molecule has 2 rings (SSSR count). The van der Waals surface area contributed by atoms with Crippen LogP contribution in [0.15, 0.2) is 52.7 Å².